The smallest absolute Gasteiger partial charge is 0.266 e. The molecule has 5 rings (SSSR count). The van der Waals surface area contributed by atoms with Crippen molar-refractivity contribution < 1.29 is 14.3 Å². The first kappa shape index (κ1) is 24.9. The molecule has 0 radical (unpaired) electrons. The van der Waals surface area contributed by atoms with Crippen molar-refractivity contribution in [2.45, 2.75) is 13.5 Å². The lowest BCUT2D eigenvalue weighted by atomic mass is 10.1. The molecule has 37 heavy (non-hydrogen) atoms. The topological polar surface area (TPSA) is 56.1 Å². The van der Waals surface area contributed by atoms with Gasteiger partial charge in [-0.3, -0.25) is 9.69 Å². The lowest BCUT2D eigenvalue weighted by Gasteiger charge is -2.14. The van der Waals surface area contributed by atoms with Crippen LogP contribution in [0.4, 0.5) is 5.69 Å². The standard InChI is InChI=1S/C30H29N3O3S/c1-21-26(25-11-7-8-12-27(25)33(21)20-22-9-5-4-6-10-22)19-28-29(34)32(17-18-35-2)30(37-28)31-23-13-15-24(36-3)16-14-23/h4-16,19H,17-18,20H2,1-3H3. The van der Waals surface area contributed by atoms with Gasteiger partial charge in [0.05, 0.1) is 30.9 Å². The molecule has 2 heterocycles. The van der Waals surface area contributed by atoms with Crippen LogP contribution < -0.4 is 4.74 Å². The molecule has 0 aliphatic carbocycles. The van der Waals surface area contributed by atoms with Gasteiger partial charge in [0.15, 0.2) is 5.17 Å². The number of hydrogen-bond acceptors (Lipinski definition) is 5. The molecule has 0 atom stereocenters. The Morgan fingerprint density at radius 3 is 2.41 bits per heavy atom. The summed E-state index contributed by atoms with van der Waals surface area (Å²) in [7, 11) is 3.27. The molecule has 1 amide bonds. The number of carbonyl (C=O) groups excluding carboxylic acids is 1. The molecule has 1 aromatic heterocycles. The van der Waals surface area contributed by atoms with E-state index in [-0.39, 0.29) is 5.91 Å². The van der Waals surface area contributed by atoms with Crippen molar-refractivity contribution in [2.75, 3.05) is 27.4 Å². The molecule has 0 spiro atoms. The molecule has 3 aromatic carbocycles. The molecule has 0 N–H and O–H groups in total. The number of benzene rings is 3. The third kappa shape index (κ3) is 5.19. The highest BCUT2D eigenvalue weighted by molar-refractivity contribution is 8.18. The van der Waals surface area contributed by atoms with Crippen LogP contribution in [-0.2, 0) is 16.1 Å². The molecule has 1 fully saturated rings. The number of thioether (sulfide) groups is 1. The Morgan fingerprint density at radius 2 is 1.68 bits per heavy atom. The summed E-state index contributed by atoms with van der Waals surface area (Å²) in [6.45, 7) is 3.75. The van der Waals surface area contributed by atoms with Crippen LogP contribution in [0.15, 0.2) is 88.8 Å². The minimum absolute atomic E-state index is 0.0615. The van der Waals surface area contributed by atoms with Crippen molar-refractivity contribution in [1.82, 2.24) is 9.47 Å². The summed E-state index contributed by atoms with van der Waals surface area (Å²) in [6, 6.07) is 26.3. The molecule has 1 aliphatic rings. The quantitative estimate of drug-likeness (QED) is 0.262. The third-order valence-electron chi connectivity index (χ3n) is 6.44. The summed E-state index contributed by atoms with van der Waals surface area (Å²) in [5, 5.41) is 1.77. The summed E-state index contributed by atoms with van der Waals surface area (Å²) in [4.78, 5) is 20.7. The predicted molar refractivity (Wildman–Crippen MR) is 151 cm³/mol. The molecule has 0 saturated carbocycles. The van der Waals surface area contributed by atoms with Crippen LogP contribution in [0.5, 0.6) is 5.75 Å². The van der Waals surface area contributed by atoms with Gasteiger partial charge in [-0.15, -0.1) is 0 Å². The van der Waals surface area contributed by atoms with Gasteiger partial charge in [0, 0.05) is 35.8 Å². The summed E-state index contributed by atoms with van der Waals surface area (Å²) in [5.74, 6) is 0.701. The molecule has 7 heteroatoms. The van der Waals surface area contributed by atoms with Crippen molar-refractivity contribution in [3.63, 3.8) is 0 Å². The van der Waals surface area contributed by atoms with Gasteiger partial charge in [-0.1, -0.05) is 48.5 Å². The van der Waals surface area contributed by atoms with Crippen molar-refractivity contribution in [3.05, 3.63) is 101 Å². The van der Waals surface area contributed by atoms with Gasteiger partial charge in [0.2, 0.25) is 0 Å². The van der Waals surface area contributed by atoms with Crippen molar-refractivity contribution in [1.29, 1.82) is 0 Å². The molecular formula is C30H29N3O3S. The second-order valence-electron chi connectivity index (χ2n) is 8.74. The first-order valence-corrected chi connectivity index (χ1v) is 13.0. The van der Waals surface area contributed by atoms with Crippen LogP contribution in [0.3, 0.4) is 0 Å². The fourth-order valence-electron chi connectivity index (χ4n) is 4.48. The molecule has 6 nitrogen and oxygen atoms in total. The monoisotopic (exact) mass is 511 g/mol. The van der Waals surface area contributed by atoms with E-state index in [1.165, 1.54) is 17.3 Å². The molecule has 0 bridgehead atoms. The van der Waals surface area contributed by atoms with Crippen LogP contribution in [0.1, 0.15) is 16.8 Å². The maximum Gasteiger partial charge on any atom is 0.266 e. The number of ether oxygens (including phenoxy) is 2. The first-order valence-electron chi connectivity index (χ1n) is 12.1. The van der Waals surface area contributed by atoms with E-state index in [0.717, 1.165) is 40.1 Å². The van der Waals surface area contributed by atoms with E-state index < -0.39 is 0 Å². The highest BCUT2D eigenvalue weighted by Gasteiger charge is 2.33. The summed E-state index contributed by atoms with van der Waals surface area (Å²) in [5.41, 5.74) is 5.32. The minimum Gasteiger partial charge on any atom is -0.497 e. The molecule has 1 saturated heterocycles. The number of nitrogens with zero attached hydrogens (tertiary/aromatic N) is 3. The Balaban J connectivity index is 1.54. The van der Waals surface area contributed by atoms with E-state index in [9.17, 15) is 4.79 Å². The van der Waals surface area contributed by atoms with E-state index >= 15 is 0 Å². The maximum atomic E-state index is 13.5. The zero-order chi connectivity index (χ0) is 25.8. The Morgan fingerprint density at radius 1 is 0.946 bits per heavy atom. The van der Waals surface area contributed by atoms with Gasteiger partial charge >= 0.3 is 0 Å². The van der Waals surface area contributed by atoms with Crippen LogP contribution >= 0.6 is 11.8 Å². The van der Waals surface area contributed by atoms with E-state index in [4.69, 9.17) is 14.5 Å². The first-order chi connectivity index (χ1) is 18.1. The Labute approximate surface area is 221 Å². The number of hydrogen-bond donors (Lipinski definition) is 0. The second-order valence-corrected chi connectivity index (χ2v) is 9.75. The molecule has 0 unspecified atom stereocenters. The minimum atomic E-state index is -0.0615. The predicted octanol–water partition coefficient (Wildman–Crippen LogP) is 6.26. The fourth-order valence-corrected chi connectivity index (χ4v) is 5.49. The van der Waals surface area contributed by atoms with Crippen molar-refractivity contribution in [3.8, 4) is 5.75 Å². The number of para-hydroxylation sites is 1. The number of fused-ring (bicyclic) bond motifs is 1. The van der Waals surface area contributed by atoms with Gasteiger partial charge in [-0.25, -0.2) is 4.99 Å². The summed E-state index contributed by atoms with van der Waals surface area (Å²) in [6.07, 6.45) is 2.02. The zero-order valence-corrected chi connectivity index (χ0v) is 22.0. The number of amides is 1. The Hall–Kier alpha value is -3.81. The highest BCUT2D eigenvalue weighted by Crippen LogP contribution is 2.37. The SMILES string of the molecule is COCCN1C(=O)C(=Cc2c(C)n(Cc3ccccc3)c3ccccc23)SC1=Nc1ccc(OC)cc1. The van der Waals surface area contributed by atoms with Crippen LogP contribution in [-0.4, -0.2) is 47.9 Å². The number of methoxy groups -OCH3 is 2. The van der Waals surface area contributed by atoms with E-state index in [2.05, 4.69) is 54.0 Å². The molecule has 4 aromatic rings. The maximum absolute atomic E-state index is 13.5. The van der Waals surface area contributed by atoms with Gasteiger partial charge < -0.3 is 14.0 Å². The fraction of sp³-hybridized carbons (Fsp3) is 0.200. The molecule has 1 aliphatic heterocycles. The van der Waals surface area contributed by atoms with Gasteiger partial charge in [0.25, 0.3) is 5.91 Å². The van der Waals surface area contributed by atoms with E-state index in [1.807, 2.05) is 42.5 Å². The number of aliphatic imine (C=N–C) groups is 1. The highest BCUT2D eigenvalue weighted by atomic mass is 32.2. The number of amidine groups is 1. The van der Waals surface area contributed by atoms with Crippen LogP contribution in [0.2, 0.25) is 0 Å². The Kier molecular flexibility index (Phi) is 7.44. The average Bonchev–Trinajstić information content (AvgIpc) is 3.36. The second kappa shape index (κ2) is 11.1. The largest absolute Gasteiger partial charge is 0.497 e. The number of carbonyl (C=O) groups is 1. The normalized spacial score (nSPS) is 15.9. The van der Waals surface area contributed by atoms with Crippen molar-refractivity contribution >= 4 is 45.5 Å². The number of aromatic nitrogens is 1. The van der Waals surface area contributed by atoms with Crippen LogP contribution in [0, 0.1) is 6.92 Å². The van der Waals surface area contributed by atoms with E-state index in [0.29, 0.717) is 23.2 Å². The number of rotatable bonds is 8. The Bertz CT molecular complexity index is 1470. The van der Waals surface area contributed by atoms with E-state index in [1.54, 1.807) is 19.1 Å². The van der Waals surface area contributed by atoms with Gasteiger partial charge in [-0.2, -0.15) is 0 Å². The van der Waals surface area contributed by atoms with Crippen LogP contribution in [0.25, 0.3) is 17.0 Å². The molecular weight excluding hydrogens is 482 g/mol. The van der Waals surface area contributed by atoms with Gasteiger partial charge in [-0.05, 0) is 60.7 Å². The lowest BCUT2D eigenvalue weighted by molar-refractivity contribution is -0.122. The third-order valence-corrected chi connectivity index (χ3v) is 7.45. The average molecular weight is 512 g/mol. The van der Waals surface area contributed by atoms with Gasteiger partial charge in [0.1, 0.15) is 5.75 Å². The molecule has 188 valence electrons. The lowest BCUT2D eigenvalue weighted by Crippen LogP contribution is -2.32. The zero-order valence-electron chi connectivity index (χ0n) is 21.2. The van der Waals surface area contributed by atoms with Crippen molar-refractivity contribution in [2.24, 2.45) is 4.99 Å². The summed E-state index contributed by atoms with van der Waals surface area (Å²) < 4.78 is 12.8. The summed E-state index contributed by atoms with van der Waals surface area (Å²) >= 11 is 1.40.